The molecule has 2 atom stereocenters. The van der Waals surface area contributed by atoms with Crippen LogP contribution in [0.3, 0.4) is 0 Å². The lowest BCUT2D eigenvalue weighted by Gasteiger charge is -2.29. The minimum atomic E-state index is -3.81. The number of hydrogen-bond acceptors (Lipinski definition) is 6. The first-order valence-electron chi connectivity index (χ1n) is 10.3. The van der Waals surface area contributed by atoms with Crippen LogP contribution in [0.5, 0.6) is 0 Å². The first kappa shape index (κ1) is 24.8. The Morgan fingerprint density at radius 3 is 2.47 bits per heavy atom. The molecule has 1 aliphatic heterocycles. The van der Waals surface area contributed by atoms with Crippen LogP contribution in [0, 0.1) is 0 Å². The summed E-state index contributed by atoms with van der Waals surface area (Å²) in [5, 5.41) is 7.23. The summed E-state index contributed by atoms with van der Waals surface area (Å²) in [6, 6.07) is 14.0. The molecule has 3 N–H and O–H groups in total. The van der Waals surface area contributed by atoms with Gasteiger partial charge in [-0.05, 0) is 54.8 Å². The fourth-order valence-electron chi connectivity index (χ4n) is 3.21. The molecule has 10 heteroatoms. The molecule has 32 heavy (non-hydrogen) atoms. The van der Waals surface area contributed by atoms with E-state index in [0.717, 1.165) is 29.3 Å². The molecule has 1 saturated heterocycles. The summed E-state index contributed by atoms with van der Waals surface area (Å²) in [6.45, 7) is 2.09. The molecule has 7 nitrogen and oxygen atoms in total. The molecule has 172 valence electrons. The third-order valence-electron chi connectivity index (χ3n) is 5.01. The zero-order valence-corrected chi connectivity index (χ0v) is 20.9. The van der Waals surface area contributed by atoms with E-state index in [-0.39, 0.29) is 23.1 Å². The number of aryl methyl sites for hydroxylation is 1. The number of benzene rings is 2. The van der Waals surface area contributed by atoms with Gasteiger partial charge in [-0.3, -0.25) is 14.9 Å². The lowest BCUT2D eigenvalue weighted by molar-refractivity contribution is -0.122. The molecular formula is C22H26BrN3O4S2. The molecule has 1 heterocycles. The Kier molecular flexibility index (Phi) is 8.75. The van der Waals surface area contributed by atoms with E-state index in [2.05, 4.69) is 38.8 Å². The van der Waals surface area contributed by atoms with Gasteiger partial charge in [-0.1, -0.05) is 41.4 Å². The first-order valence-corrected chi connectivity index (χ1v) is 13.7. The number of thioether (sulfide) groups is 1. The summed E-state index contributed by atoms with van der Waals surface area (Å²) < 4.78 is 26.8. The number of carbonyl (C=O) groups excluding carboxylic acids is 2. The second-order valence-electron chi connectivity index (χ2n) is 7.44. The van der Waals surface area contributed by atoms with Crippen LogP contribution in [0.2, 0.25) is 0 Å². The Labute approximate surface area is 201 Å². The largest absolute Gasteiger partial charge is 0.331 e. The molecule has 0 bridgehead atoms. The van der Waals surface area contributed by atoms with E-state index in [1.165, 1.54) is 11.8 Å². The van der Waals surface area contributed by atoms with Gasteiger partial charge in [-0.2, -0.15) is 0 Å². The minimum Gasteiger partial charge on any atom is -0.331 e. The average molecular weight is 541 g/mol. The van der Waals surface area contributed by atoms with Gasteiger partial charge in [0, 0.05) is 16.7 Å². The van der Waals surface area contributed by atoms with Crippen LogP contribution in [0.25, 0.3) is 0 Å². The van der Waals surface area contributed by atoms with Crippen molar-refractivity contribution in [2.45, 2.75) is 41.8 Å². The Balaban J connectivity index is 1.52. The summed E-state index contributed by atoms with van der Waals surface area (Å²) >= 11 is 4.53. The number of nitrogens with one attached hydrogen (secondary N) is 3. The number of carbonyl (C=O) groups is 2. The maximum Gasteiger partial charge on any atom is 0.241 e. The molecule has 1 aliphatic rings. The Hall–Kier alpha value is -1.88. The predicted octanol–water partition coefficient (Wildman–Crippen LogP) is 3.31. The summed E-state index contributed by atoms with van der Waals surface area (Å²) in [5.74, 6) is -0.680. The zero-order chi connectivity index (χ0) is 23.1. The lowest BCUT2D eigenvalue weighted by Crippen LogP contribution is -2.59. The minimum absolute atomic E-state index is 0.0161. The molecular weight excluding hydrogens is 514 g/mol. The summed E-state index contributed by atoms with van der Waals surface area (Å²) in [4.78, 5) is 24.8. The summed E-state index contributed by atoms with van der Waals surface area (Å²) in [7, 11) is -3.81. The number of sulfone groups is 1. The quantitative estimate of drug-likeness (QED) is 0.451. The maximum absolute atomic E-state index is 12.9. The van der Waals surface area contributed by atoms with Crippen molar-refractivity contribution < 1.29 is 18.0 Å². The van der Waals surface area contributed by atoms with Gasteiger partial charge in [0.05, 0.1) is 10.6 Å². The van der Waals surface area contributed by atoms with Crippen molar-refractivity contribution in [3.8, 4) is 0 Å². The van der Waals surface area contributed by atoms with Gasteiger partial charge in [0.25, 0.3) is 0 Å². The number of halogens is 1. The van der Waals surface area contributed by atoms with Gasteiger partial charge in [-0.25, -0.2) is 8.42 Å². The van der Waals surface area contributed by atoms with Crippen molar-refractivity contribution in [2.75, 3.05) is 17.6 Å². The third kappa shape index (κ3) is 6.57. The zero-order valence-electron chi connectivity index (χ0n) is 17.6. The Bertz CT molecular complexity index is 1040. The average Bonchev–Trinajstić information content (AvgIpc) is 2.78. The molecule has 0 radical (unpaired) electrons. The highest BCUT2D eigenvalue weighted by atomic mass is 79.9. The second kappa shape index (κ2) is 11.3. The number of anilines is 1. The molecule has 0 saturated carbocycles. The third-order valence-corrected chi connectivity index (χ3v) is 8.64. The molecule has 0 aromatic heterocycles. The van der Waals surface area contributed by atoms with Crippen molar-refractivity contribution in [2.24, 2.45) is 0 Å². The fourth-order valence-corrected chi connectivity index (χ4v) is 5.79. The van der Waals surface area contributed by atoms with Crippen molar-refractivity contribution in [1.82, 2.24) is 10.6 Å². The topological polar surface area (TPSA) is 104 Å². The van der Waals surface area contributed by atoms with E-state index in [1.54, 1.807) is 36.4 Å². The van der Waals surface area contributed by atoms with Crippen molar-refractivity contribution in [1.29, 1.82) is 0 Å². The highest BCUT2D eigenvalue weighted by Gasteiger charge is 2.38. The van der Waals surface area contributed by atoms with Gasteiger partial charge in [-0.15, -0.1) is 11.8 Å². The van der Waals surface area contributed by atoms with Crippen molar-refractivity contribution in [3.05, 3.63) is 58.6 Å². The molecule has 2 aromatic rings. The molecule has 1 fully saturated rings. The van der Waals surface area contributed by atoms with E-state index in [0.29, 0.717) is 5.69 Å². The molecule has 2 aromatic carbocycles. The van der Waals surface area contributed by atoms with E-state index >= 15 is 0 Å². The Morgan fingerprint density at radius 2 is 1.84 bits per heavy atom. The van der Waals surface area contributed by atoms with Crippen LogP contribution in [-0.4, -0.2) is 43.3 Å². The van der Waals surface area contributed by atoms with Crippen LogP contribution < -0.4 is 16.0 Å². The molecule has 3 rings (SSSR count). The van der Waals surface area contributed by atoms with E-state index in [9.17, 15) is 18.0 Å². The van der Waals surface area contributed by atoms with Crippen LogP contribution in [0.15, 0.2) is 57.9 Å². The maximum atomic E-state index is 12.9. The number of amides is 2. The van der Waals surface area contributed by atoms with Gasteiger partial charge in [0.15, 0.2) is 15.1 Å². The SMILES string of the molecule is CCCCc1ccc(S(=O)(=O)C2CNC(SCC(=O)Nc3ccc(Br)cc3)NC2=O)cc1. The number of unbranched alkanes of at least 4 members (excludes halogenated alkanes) is 1. The lowest BCUT2D eigenvalue weighted by atomic mass is 10.1. The van der Waals surface area contributed by atoms with Crippen LogP contribution in [-0.2, 0) is 25.8 Å². The normalized spacial score (nSPS) is 18.8. The highest BCUT2D eigenvalue weighted by Crippen LogP contribution is 2.21. The fraction of sp³-hybridized carbons (Fsp3) is 0.364. The molecule has 2 amide bonds. The van der Waals surface area contributed by atoms with Crippen molar-refractivity contribution in [3.63, 3.8) is 0 Å². The van der Waals surface area contributed by atoms with Crippen LogP contribution in [0.1, 0.15) is 25.3 Å². The molecule has 0 aliphatic carbocycles. The number of rotatable bonds is 9. The summed E-state index contributed by atoms with van der Waals surface area (Å²) in [6.07, 6.45) is 3.01. The summed E-state index contributed by atoms with van der Waals surface area (Å²) in [5.41, 5.74) is 1.21. The predicted molar refractivity (Wildman–Crippen MR) is 131 cm³/mol. The Morgan fingerprint density at radius 1 is 1.16 bits per heavy atom. The van der Waals surface area contributed by atoms with Crippen molar-refractivity contribution >= 4 is 55.0 Å². The van der Waals surface area contributed by atoms with Gasteiger partial charge in [0.2, 0.25) is 11.8 Å². The van der Waals surface area contributed by atoms with Gasteiger partial charge in [0.1, 0.15) is 5.50 Å². The van der Waals surface area contributed by atoms with Gasteiger partial charge >= 0.3 is 0 Å². The highest BCUT2D eigenvalue weighted by molar-refractivity contribution is 9.10. The van der Waals surface area contributed by atoms with Crippen LogP contribution in [0.4, 0.5) is 5.69 Å². The van der Waals surface area contributed by atoms with Crippen LogP contribution >= 0.6 is 27.7 Å². The standard InChI is InChI=1S/C22H26BrN3O4S2/c1-2-3-4-15-5-11-18(12-6-15)32(29,30)19-13-24-22(26-21(19)28)31-14-20(27)25-17-9-7-16(23)8-10-17/h5-12,19,22,24H,2-4,13-14H2,1H3,(H,25,27)(H,26,28). The monoisotopic (exact) mass is 539 g/mol. The molecule has 2 unspecified atom stereocenters. The first-order chi connectivity index (χ1) is 15.3. The van der Waals surface area contributed by atoms with E-state index < -0.39 is 26.5 Å². The van der Waals surface area contributed by atoms with Gasteiger partial charge < -0.3 is 10.6 Å². The van der Waals surface area contributed by atoms with E-state index in [1.807, 2.05) is 12.1 Å². The smallest absolute Gasteiger partial charge is 0.241 e. The second-order valence-corrected chi connectivity index (χ2v) is 11.6. The molecule has 0 spiro atoms. The van der Waals surface area contributed by atoms with E-state index in [4.69, 9.17) is 0 Å². The number of hydrogen-bond donors (Lipinski definition) is 3.